The highest BCUT2D eigenvalue weighted by Gasteiger charge is 2.15. The van der Waals surface area contributed by atoms with E-state index >= 15 is 0 Å². The summed E-state index contributed by atoms with van der Waals surface area (Å²) in [7, 11) is 0. The first kappa shape index (κ1) is 12.5. The predicted molar refractivity (Wildman–Crippen MR) is 70.1 cm³/mol. The SMILES string of the molecule is CCOC(=O)C(N)Cc1cnc2ccccc2c1. The molecule has 0 fully saturated rings. The van der Waals surface area contributed by atoms with Crippen LogP contribution >= 0.6 is 0 Å². The number of hydrogen-bond acceptors (Lipinski definition) is 4. The van der Waals surface area contributed by atoms with Gasteiger partial charge in [-0.25, -0.2) is 0 Å². The van der Waals surface area contributed by atoms with E-state index in [9.17, 15) is 4.79 Å². The van der Waals surface area contributed by atoms with Gasteiger partial charge >= 0.3 is 5.97 Å². The van der Waals surface area contributed by atoms with Crippen molar-refractivity contribution >= 4 is 16.9 Å². The summed E-state index contributed by atoms with van der Waals surface area (Å²) in [5.41, 5.74) is 7.65. The van der Waals surface area contributed by atoms with Gasteiger partial charge in [-0.1, -0.05) is 18.2 Å². The summed E-state index contributed by atoms with van der Waals surface area (Å²) in [4.78, 5) is 15.8. The Bertz CT molecular complexity index is 554. The third-order valence-corrected chi connectivity index (χ3v) is 2.69. The zero-order valence-corrected chi connectivity index (χ0v) is 10.3. The molecular formula is C14H16N2O2. The lowest BCUT2D eigenvalue weighted by Gasteiger charge is -2.10. The minimum absolute atomic E-state index is 0.350. The molecule has 18 heavy (non-hydrogen) atoms. The van der Waals surface area contributed by atoms with Gasteiger partial charge in [0.1, 0.15) is 6.04 Å². The maximum absolute atomic E-state index is 11.4. The number of aromatic nitrogens is 1. The van der Waals surface area contributed by atoms with E-state index in [1.807, 2.05) is 30.3 Å². The van der Waals surface area contributed by atoms with Crippen molar-refractivity contribution in [1.29, 1.82) is 0 Å². The Morgan fingerprint density at radius 1 is 1.44 bits per heavy atom. The lowest BCUT2D eigenvalue weighted by Crippen LogP contribution is -2.34. The van der Waals surface area contributed by atoms with Crippen LogP contribution in [-0.4, -0.2) is 23.6 Å². The molecule has 4 nitrogen and oxygen atoms in total. The number of rotatable bonds is 4. The Morgan fingerprint density at radius 3 is 3.00 bits per heavy atom. The van der Waals surface area contributed by atoms with Crippen LogP contribution in [0.1, 0.15) is 12.5 Å². The van der Waals surface area contributed by atoms with Crippen LogP contribution in [0.3, 0.4) is 0 Å². The molecule has 2 aromatic rings. The van der Waals surface area contributed by atoms with Crippen molar-refractivity contribution in [3.05, 3.63) is 42.1 Å². The molecule has 0 aliphatic rings. The van der Waals surface area contributed by atoms with Crippen LogP contribution < -0.4 is 5.73 Å². The molecule has 0 saturated heterocycles. The van der Waals surface area contributed by atoms with E-state index in [4.69, 9.17) is 10.5 Å². The van der Waals surface area contributed by atoms with E-state index in [-0.39, 0.29) is 5.97 Å². The zero-order valence-electron chi connectivity index (χ0n) is 10.3. The quantitative estimate of drug-likeness (QED) is 0.831. The first-order valence-electron chi connectivity index (χ1n) is 5.96. The van der Waals surface area contributed by atoms with Gasteiger partial charge in [0.15, 0.2) is 0 Å². The first-order chi connectivity index (χ1) is 8.70. The largest absolute Gasteiger partial charge is 0.465 e. The number of ether oxygens (including phenoxy) is 1. The van der Waals surface area contributed by atoms with Crippen LogP contribution in [-0.2, 0) is 16.0 Å². The minimum atomic E-state index is -0.632. The van der Waals surface area contributed by atoms with Crippen molar-refractivity contribution in [3.63, 3.8) is 0 Å². The third-order valence-electron chi connectivity index (χ3n) is 2.69. The fraction of sp³-hybridized carbons (Fsp3) is 0.286. The first-order valence-corrected chi connectivity index (χ1v) is 5.96. The topological polar surface area (TPSA) is 65.2 Å². The molecule has 0 saturated carbocycles. The second-order valence-corrected chi connectivity index (χ2v) is 4.10. The van der Waals surface area contributed by atoms with Gasteiger partial charge in [0, 0.05) is 11.6 Å². The Kier molecular flexibility index (Phi) is 3.89. The molecule has 0 radical (unpaired) electrons. The summed E-state index contributed by atoms with van der Waals surface area (Å²) >= 11 is 0. The van der Waals surface area contributed by atoms with Crippen LogP contribution in [0, 0.1) is 0 Å². The standard InChI is InChI=1S/C14H16N2O2/c1-2-18-14(17)12(15)8-10-7-11-5-3-4-6-13(11)16-9-10/h3-7,9,12H,2,8,15H2,1H3. The average Bonchev–Trinajstić information content (AvgIpc) is 2.39. The van der Waals surface area contributed by atoms with E-state index in [1.54, 1.807) is 13.1 Å². The molecule has 0 bridgehead atoms. The monoisotopic (exact) mass is 244 g/mol. The molecule has 1 aromatic carbocycles. The van der Waals surface area contributed by atoms with E-state index in [0.29, 0.717) is 13.0 Å². The molecule has 1 atom stereocenters. The lowest BCUT2D eigenvalue weighted by molar-refractivity contribution is -0.144. The second-order valence-electron chi connectivity index (χ2n) is 4.10. The van der Waals surface area contributed by atoms with Gasteiger partial charge in [-0.2, -0.15) is 0 Å². The maximum atomic E-state index is 11.4. The molecule has 2 rings (SSSR count). The predicted octanol–water partition coefficient (Wildman–Crippen LogP) is 1.67. The Morgan fingerprint density at radius 2 is 2.22 bits per heavy atom. The normalized spacial score (nSPS) is 12.3. The van der Waals surface area contributed by atoms with Crippen LogP contribution in [0.15, 0.2) is 36.5 Å². The summed E-state index contributed by atoms with van der Waals surface area (Å²) in [6.07, 6.45) is 2.19. The van der Waals surface area contributed by atoms with Crippen molar-refractivity contribution < 1.29 is 9.53 Å². The second kappa shape index (κ2) is 5.60. The molecule has 94 valence electrons. The molecule has 1 unspecified atom stereocenters. The molecule has 0 aliphatic heterocycles. The van der Waals surface area contributed by atoms with Gasteiger partial charge < -0.3 is 10.5 Å². The number of hydrogen-bond donors (Lipinski definition) is 1. The number of para-hydroxylation sites is 1. The third kappa shape index (κ3) is 2.84. The number of carbonyl (C=O) groups excluding carboxylic acids is 1. The van der Waals surface area contributed by atoms with Crippen molar-refractivity contribution in [2.75, 3.05) is 6.61 Å². The number of nitrogens with zero attached hydrogens (tertiary/aromatic N) is 1. The Labute approximate surface area is 106 Å². The van der Waals surface area contributed by atoms with E-state index in [0.717, 1.165) is 16.5 Å². The average molecular weight is 244 g/mol. The molecular weight excluding hydrogens is 228 g/mol. The minimum Gasteiger partial charge on any atom is -0.465 e. The summed E-state index contributed by atoms with van der Waals surface area (Å²) in [6, 6.07) is 9.21. The molecule has 1 aromatic heterocycles. The highest BCUT2D eigenvalue weighted by molar-refractivity contribution is 5.79. The summed E-state index contributed by atoms with van der Waals surface area (Å²) in [5.74, 6) is -0.370. The molecule has 0 aliphatic carbocycles. The highest BCUT2D eigenvalue weighted by atomic mass is 16.5. The fourth-order valence-electron chi connectivity index (χ4n) is 1.81. The molecule has 1 heterocycles. The van der Waals surface area contributed by atoms with Crippen LogP contribution in [0.5, 0.6) is 0 Å². The van der Waals surface area contributed by atoms with Crippen LogP contribution in [0.25, 0.3) is 10.9 Å². The van der Waals surface area contributed by atoms with Gasteiger partial charge in [0.25, 0.3) is 0 Å². The number of esters is 1. The van der Waals surface area contributed by atoms with Gasteiger partial charge in [0.05, 0.1) is 12.1 Å². The molecule has 2 N–H and O–H groups in total. The van der Waals surface area contributed by atoms with Crippen molar-refractivity contribution in [2.45, 2.75) is 19.4 Å². The number of pyridine rings is 1. The summed E-state index contributed by atoms with van der Waals surface area (Å²) in [5, 5.41) is 1.05. The Balaban J connectivity index is 2.14. The van der Waals surface area contributed by atoms with Gasteiger partial charge in [-0.3, -0.25) is 9.78 Å². The lowest BCUT2D eigenvalue weighted by atomic mass is 10.1. The Hall–Kier alpha value is -1.94. The summed E-state index contributed by atoms with van der Waals surface area (Å²) < 4.78 is 4.88. The van der Waals surface area contributed by atoms with Crippen molar-refractivity contribution in [2.24, 2.45) is 5.73 Å². The van der Waals surface area contributed by atoms with E-state index < -0.39 is 6.04 Å². The number of carbonyl (C=O) groups is 1. The number of nitrogens with two attached hydrogens (primary N) is 1. The van der Waals surface area contributed by atoms with Crippen molar-refractivity contribution in [1.82, 2.24) is 4.98 Å². The molecule has 0 spiro atoms. The van der Waals surface area contributed by atoms with Gasteiger partial charge in [-0.05, 0) is 31.0 Å². The van der Waals surface area contributed by atoms with Crippen LogP contribution in [0.2, 0.25) is 0 Å². The van der Waals surface area contributed by atoms with Crippen LogP contribution in [0.4, 0.5) is 0 Å². The van der Waals surface area contributed by atoms with Crippen molar-refractivity contribution in [3.8, 4) is 0 Å². The van der Waals surface area contributed by atoms with Gasteiger partial charge in [0.2, 0.25) is 0 Å². The fourth-order valence-corrected chi connectivity index (χ4v) is 1.81. The number of benzene rings is 1. The molecule has 4 heteroatoms. The highest BCUT2D eigenvalue weighted by Crippen LogP contribution is 2.13. The maximum Gasteiger partial charge on any atom is 0.323 e. The van der Waals surface area contributed by atoms with Gasteiger partial charge in [-0.15, -0.1) is 0 Å². The smallest absolute Gasteiger partial charge is 0.323 e. The number of fused-ring (bicyclic) bond motifs is 1. The molecule has 0 amide bonds. The summed E-state index contributed by atoms with van der Waals surface area (Å²) in [6.45, 7) is 2.12. The zero-order chi connectivity index (χ0) is 13.0. The van der Waals surface area contributed by atoms with E-state index in [2.05, 4.69) is 4.98 Å². The van der Waals surface area contributed by atoms with E-state index in [1.165, 1.54) is 0 Å².